The maximum Gasteiger partial charge on any atom is 0.387 e. The Morgan fingerprint density at radius 2 is 2.08 bits per heavy atom. The molecule has 26 heavy (non-hydrogen) atoms. The molecule has 0 aliphatic carbocycles. The van der Waals surface area contributed by atoms with E-state index < -0.39 is 12.2 Å². The molecule has 1 amide bonds. The number of carbonyl (C=O) groups is 1. The Balaban J connectivity index is 1.71. The number of β-amino-alcohol motifs (C(OH)–C–C–N with tert-alkyl or cyclic N) is 1. The molecule has 1 N–H and O–H groups in total. The Kier molecular flexibility index (Phi) is 6.05. The van der Waals surface area contributed by atoms with Crippen LogP contribution < -0.4 is 4.74 Å². The summed E-state index contributed by atoms with van der Waals surface area (Å²) in [6, 6.07) is 5.71. The highest BCUT2D eigenvalue weighted by Crippen LogP contribution is 2.21. The van der Waals surface area contributed by atoms with E-state index in [2.05, 4.69) is 9.64 Å². The number of amides is 1. The standard InChI is InChI=1S/C18H24F2N2O4/c19-17(20)26-15-5-3-4-14(10-15)16(23)22-8-9-25-13-18(24,12-22)11-21-6-1-2-7-21/h3-5,10,17,24H,1-2,6-9,11-13H2/t18-/m0/s1. The molecule has 8 heteroatoms. The van der Waals surface area contributed by atoms with Gasteiger partial charge in [0, 0.05) is 18.7 Å². The molecular formula is C18H24F2N2O4. The summed E-state index contributed by atoms with van der Waals surface area (Å²) in [7, 11) is 0. The smallest absolute Gasteiger partial charge is 0.387 e. The molecule has 1 aromatic rings. The minimum atomic E-state index is -2.95. The van der Waals surface area contributed by atoms with Gasteiger partial charge in [0.2, 0.25) is 0 Å². The molecule has 0 saturated carbocycles. The number of aliphatic hydroxyl groups is 1. The second-order valence-corrected chi connectivity index (χ2v) is 6.89. The highest BCUT2D eigenvalue weighted by Gasteiger charge is 2.36. The van der Waals surface area contributed by atoms with Crippen LogP contribution in [0, 0.1) is 0 Å². The third-order valence-corrected chi connectivity index (χ3v) is 4.67. The highest BCUT2D eigenvalue weighted by molar-refractivity contribution is 5.94. The van der Waals surface area contributed by atoms with Crippen LogP contribution >= 0.6 is 0 Å². The monoisotopic (exact) mass is 370 g/mol. The Bertz CT molecular complexity index is 625. The van der Waals surface area contributed by atoms with Crippen LogP contribution in [0.5, 0.6) is 5.75 Å². The van der Waals surface area contributed by atoms with Crippen LogP contribution in [0.2, 0.25) is 0 Å². The van der Waals surface area contributed by atoms with Crippen LogP contribution in [-0.2, 0) is 4.74 Å². The number of likely N-dealkylation sites (tertiary alicyclic amines) is 1. The average molecular weight is 370 g/mol. The zero-order chi connectivity index (χ0) is 18.6. The molecule has 0 spiro atoms. The summed E-state index contributed by atoms with van der Waals surface area (Å²) in [4.78, 5) is 16.5. The van der Waals surface area contributed by atoms with Gasteiger partial charge in [-0.25, -0.2) is 0 Å². The predicted octanol–water partition coefficient (Wildman–Crippen LogP) is 1.59. The summed E-state index contributed by atoms with van der Waals surface area (Å²) in [6.45, 7) is 0.335. The molecule has 0 radical (unpaired) electrons. The van der Waals surface area contributed by atoms with Gasteiger partial charge in [0.25, 0.3) is 5.91 Å². The van der Waals surface area contributed by atoms with Crippen LogP contribution in [0.3, 0.4) is 0 Å². The number of halogens is 2. The second kappa shape index (κ2) is 8.28. The molecule has 3 rings (SSSR count). The molecule has 0 bridgehead atoms. The van der Waals surface area contributed by atoms with Crippen LogP contribution in [-0.4, -0.2) is 79.0 Å². The molecule has 2 fully saturated rings. The maximum absolute atomic E-state index is 12.8. The largest absolute Gasteiger partial charge is 0.435 e. The lowest BCUT2D eigenvalue weighted by atomic mass is 10.0. The number of carbonyl (C=O) groups excluding carboxylic acids is 1. The van der Waals surface area contributed by atoms with Gasteiger partial charge in [-0.15, -0.1) is 0 Å². The van der Waals surface area contributed by atoms with Crippen LogP contribution in [0.15, 0.2) is 24.3 Å². The fourth-order valence-corrected chi connectivity index (χ4v) is 3.53. The molecule has 2 heterocycles. The van der Waals surface area contributed by atoms with E-state index in [1.54, 1.807) is 6.07 Å². The summed E-state index contributed by atoms with van der Waals surface area (Å²) in [6.07, 6.45) is 2.22. The predicted molar refractivity (Wildman–Crippen MR) is 90.4 cm³/mol. The topological polar surface area (TPSA) is 62.2 Å². The molecule has 0 aromatic heterocycles. The number of nitrogens with zero attached hydrogens (tertiary/aromatic N) is 2. The lowest BCUT2D eigenvalue weighted by Gasteiger charge is -2.34. The zero-order valence-corrected chi connectivity index (χ0v) is 14.6. The number of ether oxygens (including phenoxy) is 2. The van der Waals surface area contributed by atoms with Gasteiger partial charge in [-0.1, -0.05) is 6.07 Å². The second-order valence-electron chi connectivity index (χ2n) is 6.89. The van der Waals surface area contributed by atoms with Crippen LogP contribution in [0.4, 0.5) is 8.78 Å². The van der Waals surface area contributed by atoms with E-state index >= 15 is 0 Å². The van der Waals surface area contributed by atoms with Gasteiger partial charge in [0.1, 0.15) is 11.4 Å². The first kappa shape index (κ1) is 19.0. The third kappa shape index (κ3) is 4.90. The lowest BCUT2D eigenvalue weighted by Crippen LogP contribution is -2.53. The van der Waals surface area contributed by atoms with Gasteiger partial charge in [0.15, 0.2) is 0 Å². The van der Waals surface area contributed by atoms with Crippen molar-refractivity contribution in [1.82, 2.24) is 9.80 Å². The molecule has 6 nitrogen and oxygen atoms in total. The fourth-order valence-electron chi connectivity index (χ4n) is 3.53. The van der Waals surface area contributed by atoms with E-state index in [1.807, 2.05) is 0 Å². The van der Waals surface area contributed by atoms with Crippen molar-refractivity contribution in [3.63, 3.8) is 0 Å². The minimum absolute atomic E-state index is 0.0655. The van der Waals surface area contributed by atoms with Crippen molar-refractivity contribution in [3.05, 3.63) is 29.8 Å². The maximum atomic E-state index is 12.8. The van der Waals surface area contributed by atoms with E-state index in [0.29, 0.717) is 19.7 Å². The molecule has 1 atom stereocenters. The number of rotatable bonds is 5. The Hall–Kier alpha value is -1.77. The Labute approximate surface area is 151 Å². The van der Waals surface area contributed by atoms with E-state index in [9.17, 15) is 18.7 Å². The van der Waals surface area contributed by atoms with Gasteiger partial charge in [0.05, 0.1) is 19.8 Å². The quantitative estimate of drug-likeness (QED) is 0.853. The van der Waals surface area contributed by atoms with Gasteiger partial charge in [-0.05, 0) is 44.1 Å². The van der Waals surface area contributed by atoms with Crippen molar-refractivity contribution in [2.75, 3.05) is 45.9 Å². The van der Waals surface area contributed by atoms with E-state index in [0.717, 1.165) is 25.9 Å². The first-order chi connectivity index (χ1) is 12.5. The Morgan fingerprint density at radius 3 is 2.81 bits per heavy atom. The van der Waals surface area contributed by atoms with Gasteiger partial charge in [-0.2, -0.15) is 8.78 Å². The highest BCUT2D eigenvalue weighted by atomic mass is 19.3. The van der Waals surface area contributed by atoms with Crippen molar-refractivity contribution in [1.29, 1.82) is 0 Å². The molecule has 2 aliphatic heterocycles. The number of hydrogen-bond donors (Lipinski definition) is 1. The van der Waals surface area contributed by atoms with Crippen molar-refractivity contribution < 1.29 is 28.2 Å². The fraction of sp³-hybridized carbons (Fsp3) is 0.611. The van der Waals surface area contributed by atoms with Crippen LogP contribution in [0.25, 0.3) is 0 Å². The molecule has 2 aliphatic rings. The van der Waals surface area contributed by atoms with E-state index in [-0.39, 0.29) is 30.4 Å². The number of hydrogen-bond acceptors (Lipinski definition) is 5. The minimum Gasteiger partial charge on any atom is -0.435 e. The molecular weight excluding hydrogens is 346 g/mol. The molecule has 144 valence electrons. The number of alkyl halides is 2. The average Bonchev–Trinajstić information content (AvgIpc) is 3.01. The lowest BCUT2D eigenvalue weighted by molar-refractivity contribution is -0.0524. The first-order valence-corrected chi connectivity index (χ1v) is 8.82. The first-order valence-electron chi connectivity index (χ1n) is 8.82. The number of benzene rings is 1. The van der Waals surface area contributed by atoms with Crippen molar-refractivity contribution in [2.45, 2.75) is 25.1 Å². The zero-order valence-electron chi connectivity index (χ0n) is 14.6. The van der Waals surface area contributed by atoms with Crippen LogP contribution in [0.1, 0.15) is 23.2 Å². The normalized spacial score (nSPS) is 24.7. The van der Waals surface area contributed by atoms with Gasteiger partial charge in [-0.3, -0.25) is 4.79 Å². The van der Waals surface area contributed by atoms with Gasteiger partial charge >= 0.3 is 6.61 Å². The summed E-state index contributed by atoms with van der Waals surface area (Å²) in [5.41, 5.74) is -0.901. The molecule has 2 saturated heterocycles. The van der Waals surface area contributed by atoms with E-state index in [4.69, 9.17) is 4.74 Å². The molecule has 1 aromatic carbocycles. The van der Waals surface area contributed by atoms with E-state index in [1.165, 1.54) is 23.1 Å². The SMILES string of the molecule is O=C(c1cccc(OC(F)F)c1)N1CCOC[C@](O)(CN2CCCC2)C1. The summed E-state index contributed by atoms with van der Waals surface area (Å²) < 4.78 is 34.7. The van der Waals surface area contributed by atoms with Gasteiger partial charge < -0.3 is 24.4 Å². The molecule has 0 unspecified atom stereocenters. The Morgan fingerprint density at radius 1 is 1.31 bits per heavy atom. The summed E-state index contributed by atoms with van der Waals surface area (Å²) >= 11 is 0. The summed E-state index contributed by atoms with van der Waals surface area (Å²) in [5.74, 6) is -0.403. The van der Waals surface area contributed by atoms with Crippen molar-refractivity contribution in [3.8, 4) is 5.75 Å². The summed E-state index contributed by atoms with van der Waals surface area (Å²) in [5, 5.41) is 11.0. The van der Waals surface area contributed by atoms with Crippen molar-refractivity contribution in [2.24, 2.45) is 0 Å². The van der Waals surface area contributed by atoms with Crippen molar-refractivity contribution >= 4 is 5.91 Å². The third-order valence-electron chi connectivity index (χ3n) is 4.67.